The molecule has 5 rings (SSSR count). The highest BCUT2D eigenvalue weighted by molar-refractivity contribution is 7.92. The van der Waals surface area contributed by atoms with Crippen molar-refractivity contribution in [1.82, 2.24) is 0 Å². The van der Waals surface area contributed by atoms with E-state index in [0.29, 0.717) is 22.9 Å². The summed E-state index contributed by atoms with van der Waals surface area (Å²) in [6.07, 6.45) is 1.36. The van der Waals surface area contributed by atoms with Crippen molar-refractivity contribution in [2.24, 2.45) is 0 Å². The van der Waals surface area contributed by atoms with Gasteiger partial charge in [-0.25, -0.2) is 8.42 Å². The van der Waals surface area contributed by atoms with Crippen molar-refractivity contribution in [3.63, 3.8) is 0 Å². The topological polar surface area (TPSA) is 88.2 Å². The monoisotopic (exact) mass is 507 g/mol. The quantitative estimate of drug-likeness (QED) is 0.538. The fourth-order valence-electron chi connectivity index (χ4n) is 4.55. The fraction of sp³-hybridized carbons (Fsp3) is 0.296. The van der Waals surface area contributed by atoms with Crippen molar-refractivity contribution in [2.45, 2.75) is 30.8 Å². The van der Waals surface area contributed by atoms with E-state index in [2.05, 4.69) is 10.2 Å². The predicted molar refractivity (Wildman–Crippen MR) is 140 cm³/mol. The van der Waals surface area contributed by atoms with Gasteiger partial charge in [0.1, 0.15) is 11.5 Å². The van der Waals surface area contributed by atoms with Crippen molar-refractivity contribution in [3.05, 3.63) is 72.3 Å². The van der Waals surface area contributed by atoms with E-state index in [1.807, 2.05) is 37.3 Å². The largest absolute Gasteiger partial charge is 0.497 e. The number of methoxy groups -OCH3 is 1. The van der Waals surface area contributed by atoms with Crippen LogP contribution in [0.1, 0.15) is 18.4 Å². The maximum absolute atomic E-state index is 13.6. The van der Waals surface area contributed by atoms with E-state index in [9.17, 15) is 13.2 Å². The Morgan fingerprint density at radius 3 is 2.36 bits per heavy atom. The van der Waals surface area contributed by atoms with Crippen LogP contribution in [0.2, 0.25) is 0 Å². The first kappa shape index (κ1) is 24.0. The number of carbonyl (C=O) groups excluding carboxylic acids is 1. The third kappa shape index (κ3) is 4.70. The summed E-state index contributed by atoms with van der Waals surface area (Å²) in [6.45, 7) is 3.81. The highest BCUT2D eigenvalue weighted by Crippen LogP contribution is 2.38. The Hall–Kier alpha value is -3.72. The molecule has 0 bridgehead atoms. The Morgan fingerprint density at radius 2 is 1.69 bits per heavy atom. The lowest BCUT2D eigenvalue weighted by Crippen LogP contribution is -2.48. The molecule has 9 heteroatoms. The normalized spacial score (nSPS) is 17.3. The fourth-order valence-corrected chi connectivity index (χ4v) is 6.02. The van der Waals surface area contributed by atoms with Crippen LogP contribution in [0.3, 0.4) is 0 Å². The van der Waals surface area contributed by atoms with E-state index in [4.69, 9.17) is 9.47 Å². The molecular weight excluding hydrogens is 478 g/mol. The Labute approximate surface area is 211 Å². The van der Waals surface area contributed by atoms with Gasteiger partial charge in [-0.3, -0.25) is 9.10 Å². The van der Waals surface area contributed by atoms with Gasteiger partial charge in [-0.05, 0) is 86.0 Å². The number of nitrogens with one attached hydrogen (secondary N) is 1. The molecule has 0 spiro atoms. The summed E-state index contributed by atoms with van der Waals surface area (Å²) >= 11 is 0. The van der Waals surface area contributed by atoms with Crippen LogP contribution in [0, 0.1) is 6.92 Å². The molecule has 0 aliphatic carbocycles. The van der Waals surface area contributed by atoms with Gasteiger partial charge < -0.3 is 19.7 Å². The number of carbonyl (C=O) groups is 1. The minimum Gasteiger partial charge on any atom is -0.497 e. The van der Waals surface area contributed by atoms with Crippen LogP contribution in [0.25, 0.3) is 0 Å². The minimum atomic E-state index is -3.96. The SMILES string of the molecule is COc1ccc(S(=O)(=O)N2C[C@H](C(=O)Nc3ccc(N4CCCC4)cc3)Oc3ccc(C)cc32)cc1. The third-order valence-corrected chi connectivity index (χ3v) is 8.32. The van der Waals surface area contributed by atoms with Crippen LogP contribution < -0.4 is 24.0 Å². The van der Waals surface area contributed by atoms with Gasteiger partial charge in [-0.15, -0.1) is 0 Å². The van der Waals surface area contributed by atoms with Gasteiger partial charge in [0.2, 0.25) is 0 Å². The van der Waals surface area contributed by atoms with Crippen LogP contribution >= 0.6 is 0 Å². The summed E-state index contributed by atoms with van der Waals surface area (Å²) in [5.41, 5.74) is 3.05. The number of nitrogens with zero attached hydrogens (tertiary/aromatic N) is 2. The van der Waals surface area contributed by atoms with Gasteiger partial charge in [-0.2, -0.15) is 0 Å². The van der Waals surface area contributed by atoms with Crippen molar-refractivity contribution in [1.29, 1.82) is 0 Å². The van der Waals surface area contributed by atoms with Crippen LogP contribution in [-0.4, -0.2) is 47.2 Å². The van der Waals surface area contributed by atoms with Crippen LogP contribution in [-0.2, 0) is 14.8 Å². The van der Waals surface area contributed by atoms with E-state index >= 15 is 0 Å². The van der Waals surface area contributed by atoms with E-state index in [1.54, 1.807) is 24.3 Å². The molecule has 2 heterocycles. The highest BCUT2D eigenvalue weighted by atomic mass is 32.2. The van der Waals surface area contributed by atoms with E-state index in [0.717, 1.165) is 24.3 Å². The lowest BCUT2D eigenvalue weighted by atomic mass is 10.1. The molecule has 2 aliphatic heterocycles. The third-order valence-electron chi connectivity index (χ3n) is 6.53. The molecule has 188 valence electrons. The summed E-state index contributed by atoms with van der Waals surface area (Å²) < 4.78 is 39.7. The van der Waals surface area contributed by atoms with Crippen LogP contribution in [0.5, 0.6) is 11.5 Å². The zero-order chi connectivity index (χ0) is 25.3. The number of benzene rings is 3. The molecule has 1 saturated heterocycles. The number of hydrogen-bond donors (Lipinski definition) is 1. The van der Waals surface area contributed by atoms with Crippen molar-refractivity contribution in [3.8, 4) is 11.5 Å². The summed E-state index contributed by atoms with van der Waals surface area (Å²) in [4.78, 5) is 15.6. The van der Waals surface area contributed by atoms with E-state index in [1.165, 1.54) is 36.4 Å². The van der Waals surface area contributed by atoms with Crippen molar-refractivity contribution in [2.75, 3.05) is 41.3 Å². The van der Waals surface area contributed by atoms with Gasteiger partial charge >= 0.3 is 0 Å². The van der Waals surface area contributed by atoms with Crippen molar-refractivity contribution >= 4 is 33.0 Å². The summed E-state index contributed by atoms with van der Waals surface area (Å²) in [5, 5.41) is 2.88. The zero-order valence-corrected chi connectivity index (χ0v) is 21.1. The van der Waals surface area contributed by atoms with Gasteiger partial charge in [0.25, 0.3) is 15.9 Å². The average Bonchev–Trinajstić information content (AvgIpc) is 3.43. The second-order valence-corrected chi connectivity index (χ2v) is 10.9. The standard InChI is InChI=1S/C27H29N3O5S/c1-19-5-14-25-24(17-19)30(36(32,33)23-12-10-22(34-2)11-13-23)18-26(35-25)27(31)28-20-6-8-21(9-7-20)29-15-3-4-16-29/h5-14,17,26H,3-4,15-16,18H2,1-2H3,(H,28,31)/t26-/m1/s1. The first-order valence-electron chi connectivity index (χ1n) is 11.9. The maximum atomic E-state index is 13.6. The highest BCUT2D eigenvalue weighted by Gasteiger charge is 2.37. The number of aryl methyl sites for hydroxylation is 1. The number of fused-ring (bicyclic) bond motifs is 1. The Kier molecular flexibility index (Phi) is 6.49. The second-order valence-electron chi connectivity index (χ2n) is 9.02. The average molecular weight is 508 g/mol. The lowest BCUT2D eigenvalue weighted by molar-refractivity contribution is -0.122. The minimum absolute atomic E-state index is 0.106. The Morgan fingerprint density at radius 1 is 1.00 bits per heavy atom. The molecule has 3 aromatic rings. The molecule has 1 atom stereocenters. The molecule has 0 unspecified atom stereocenters. The number of anilines is 3. The zero-order valence-electron chi connectivity index (χ0n) is 20.3. The van der Waals surface area contributed by atoms with Gasteiger partial charge in [-0.1, -0.05) is 6.07 Å². The molecule has 1 N–H and O–H groups in total. The lowest BCUT2D eigenvalue weighted by Gasteiger charge is -2.35. The molecule has 3 aromatic carbocycles. The second kappa shape index (κ2) is 9.73. The summed E-state index contributed by atoms with van der Waals surface area (Å²) in [6, 6.07) is 19.2. The van der Waals surface area contributed by atoms with Crippen LogP contribution in [0.15, 0.2) is 71.6 Å². The number of hydrogen-bond acceptors (Lipinski definition) is 6. The molecule has 8 nitrogen and oxygen atoms in total. The first-order valence-corrected chi connectivity index (χ1v) is 13.4. The summed E-state index contributed by atoms with van der Waals surface area (Å²) in [5.74, 6) is 0.485. The molecule has 0 saturated carbocycles. The number of ether oxygens (including phenoxy) is 2. The number of amides is 1. The van der Waals surface area contributed by atoms with Crippen molar-refractivity contribution < 1.29 is 22.7 Å². The number of rotatable bonds is 6. The maximum Gasteiger partial charge on any atom is 0.267 e. The molecule has 1 amide bonds. The number of sulfonamides is 1. The van der Waals surface area contributed by atoms with Crippen LogP contribution in [0.4, 0.5) is 17.1 Å². The summed E-state index contributed by atoms with van der Waals surface area (Å²) in [7, 11) is -2.44. The molecule has 0 aromatic heterocycles. The smallest absolute Gasteiger partial charge is 0.267 e. The Balaban J connectivity index is 1.39. The molecule has 0 radical (unpaired) electrons. The molecule has 1 fully saturated rings. The van der Waals surface area contributed by atoms with Gasteiger partial charge in [0.15, 0.2) is 6.10 Å². The molecular formula is C27H29N3O5S. The van der Waals surface area contributed by atoms with E-state index in [-0.39, 0.29) is 11.4 Å². The predicted octanol–water partition coefficient (Wildman–Crippen LogP) is 4.20. The van der Waals surface area contributed by atoms with Gasteiger partial charge in [0.05, 0.1) is 24.2 Å². The molecule has 36 heavy (non-hydrogen) atoms. The molecule has 2 aliphatic rings. The van der Waals surface area contributed by atoms with E-state index < -0.39 is 22.0 Å². The Bertz CT molecular complexity index is 1350. The first-order chi connectivity index (χ1) is 17.3. The van der Waals surface area contributed by atoms with Gasteiger partial charge in [0, 0.05) is 24.5 Å².